The van der Waals surface area contributed by atoms with Crippen molar-refractivity contribution in [3.8, 4) is 17.2 Å². The lowest BCUT2D eigenvalue weighted by molar-refractivity contribution is -0.157. The Hall–Kier alpha value is -3.64. The molecule has 0 spiro atoms. The molecule has 4 aromatic rings. The topological polar surface area (TPSA) is 76.0 Å². The summed E-state index contributed by atoms with van der Waals surface area (Å²) in [4.78, 5) is 13.4. The van der Waals surface area contributed by atoms with Crippen LogP contribution in [0.3, 0.4) is 0 Å². The van der Waals surface area contributed by atoms with Gasteiger partial charge >= 0.3 is 5.97 Å². The van der Waals surface area contributed by atoms with Gasteiger partial charge in [-0.3, -0.25) is 4.79 Å². The standard InChI is InChI=1S/C29H21ClO5/c30-25-12-6-7-13-26(25)35-27(31)24-17-28(32)20-10-4-5-11-21(20)29(24,33)22-15-14-19(16-23(22)28)34-18-8-2-1-3-9-18/h1-16,24,32-33H,17H2. The van der Waals surface area contributed by atoms with Crippen LogP contribution in [0.15, 0.2) is 97.1 Å². The zero-order valence-corrected chi connectivity index (χ0v) is 19.3. The third-order valence-electron chi connectivity index (χ3n) is 6.94. The Morgan fingerprint density at radius 2 is 1.43 bits per heavy atom. The SMILES string of the molecule is O=C(Oc1ccccc1Cl)C1CC2(O)c3ccccc3C1(O)c1ccc(Oc3ccccc3)cc12. The third kappa shape index (κ3) is 3.27. The molecule has 4 aromatic carbocycles. The van der Waals surface area contributed by atoms with Crippen LogP contribution < -0.4 is 9.47 Å². The summed E-state index contributed by atoms with van der Waals surface area (Å²) in [5.74, 6) is -0.333. The fourth-order valence-electron chi connectivity index (χ4n) is 5.35. The van der Waals surface area contributed by atoms with E-state index in [0.717, 1.165) is 0 Å². The first-order valence-electron chi connectivity index (χ1n) is 11.3. The average Bonchev–Trinajstić information content (AvgIpc) is 2.88. The number of esters is 1. The smallest absolute Gasteiger partial charge is 0.318 e. The molecule has 6 heteroatoms. The van der Waals surface area contributed by atoms with Crippen LogP contribution in [-0.2, 0) is 16.0 Å². The number of carbonyl (C=O) groups is 1. The predicted molar refractivity (Wildman–Crippen MR) is 131 cm³/mol. The van der Waals surface area contributed by atoms with Crippen molar-refractivity contribution in [2.24, 2.45) is 5.92 Å². The van der Waals surface area contributed by atoms with Gasteiger partial charge in [0.25, 0.3) is 0 Å². The molecule has 174 valence electrons. The first-order chi connectivity index (χ1) is 16.9. The van der Waals surface area contributed by atoms with E-state index in [1.165, 1.54) is 0 Å². The number of benzene rings is 4. The lowest BCUT2D eigenvalue weighted by Gasteiger charge is -2.53. The number of carbonyl (C=O) groups excluding carboxylic acids is 1. The van der Waals surface area contributed by atoms with Gasteiger partial charge in [0.15, 0.2) is 0 Å². The van der Waals surface area contributed by atoms with Crippen molar-refractivity contribution in [3.05, 3.63) is 124 Å². The molecule has 0 aromatic heterocycles. The van der Waals surface area contributed by atoms with E-state index in [1.54, 1.807) is 60.7 Å². The van der Waals surface area contributed by atoms with Gasteiger partial charge in [0.05, 0.1) is 10.9 Å². The minimum absolute atomic E-state index is 0.0500. The van der Waals surface area contributed by atoms with E-state index in [4.69, 9.17) is 21.1 Å². The largest absolute Gasteiger partial charge is 0.457 e. The van der Waals surface area contributed by atoms with Gasteiger partial charge in [-0.25, -0.2) is 0 Å². The molecule has 3 aliphatic carbocycles. The molecule has 3 unspecified atom stereocenters. The summed E-state index contributed by atoms with van der Waals surface area (Å²) in [6, 6.07) is 28.3. The number of para-hydroxylation sites is 2. The number of hydrogen-bond donors (Lipinski definition) is 2. The highest BCUT2D eigenvalue weighted by Gasteiger charge is 2.62. The van der Waals surface area contributed by atoms with Gasteiger partial charge in [0, 0.05) is 6.42 Å². The van der Waals surface area contributed by atoms with Crippen LogP contribution in [0.25, 0.3) is 0 Å². The summed E-state index contributed by atoms with van der Waals surface area (Å²) >= 11 is 6.19. The number of hydrogen-bond acceptors (Lipinski definition) is 5. The summed E-state index contributed by atoms with van der Waals surface area (Å²) in [5.41, 5.74) is -1.20. The Morgan fingerprint density at radius 3 is 2.20 bits per heavy atom. The maximum Gasteiger partial charge on any atom is 0.318 e. The van der Waals surface area contributed by atoms with Crippen molar-refractivity contribution in [2.45, 2.75) is 17.6 Å². The first kappa shape index (κ1) is 21.9. The van der Waals surface area contributed by atoms with Crippen LogP contribution in [0.4, 0.5) is 0 Å². The zero-order chi connectivity index (χ0) is 24.2. The molecule has 35 heavy (non-hydrogen) atoms. The number of aliphatic hydroxyl groups is 2. The maximum absolute atomic E-state index is 13.4. The molecule has 0 amide bonds. The Bertz CT molecular complexity index is 1450. The van der Waals surface area contributed by atoms with Crippen LogP contribution in [-0.4, -0.2) is 16.2 Å². The maximum atomic E-state index is 13.4. The van der Waals surface area contributed by atoms with Gasteiger partial charge in [-0.1, -0.05) is 72.3 Å². The number of ether oxygens (including phenoxy) is 2. The van der Waals surface area contributed by atoms with Crippen LogP contribution in [0.2, 0.25) is 5.02 Å². The monoisotopic (exact) mass is 484 g/mol. The summed E-state index contributed by atoms with van der Waals surface area (Å²) in [6.07, 6.45) is -0.0500. The molecule has 0 radical (unpaired) electrons. The molecular formula is C29H21ClO5. The van der Waals surface area contributed by atoms with Crippen molar-refractivity contribution in [2.75, 3.05) is 0 Å². The van der Waals surface area contributed by atoms with Gasteiger partial charge in [0.1, 0.15) is 28.5 Å². The summed E-state index contributed by atoms with van der Waals surface area (Å²) in [6.45, 7) is 0. The minimum atomic E-state index is -1.69. The van der Waals surface area contributed by atoms with Crippen LogP contribution in [0, 0.1) is 5.92 Å². The Kier molecular flexibility index (Phi) is 4.97. The average molecular weight is 485 g/mol. The molecule has 0 saturated heterocycles. The minimum Gasteiger partial charge on any atom is -0.457 e. The van der Waals surface area contributed by atoms with Crippen LogP contribution >= 0.6 is 11.6 Å². The van der Waals surface area contributed by atoms with E-state index in [1.807, 2.05) is 36.4 Å². The van der Waals surface area contributed by atoms with E-state index < -0.39 is 23.1 Å². The van der Waals surface area contributed by atoms with E-state index in [9.17, 15) is 15.0 Å². The molecule has 0 aliphatic heterocycles. The molecular weight excluding hydrogens is 464 g/mol. The van der Waals surface area contributed by atoms with Gasteiger partial charge < -0.3 is 19.7 Å². The first-order valence-corrected chi connectivity index (χ1v) is 11.7. The molecule has 2 bridgehead atoms. The second-order valence-corrected chi connectivity index (χ2v) is 9.31. The van der Waals surface area contributed by atoms with Crippen molar-refractivity contribution in [3.63, 3.8) is 0 Å². The van der Waals surface area contributed by atoms with E-state index in [2.05, 4.69) is 0 Å². The second kappa shape index (κ2) is 7.95. The predicted octanol–water partition coefficient (Wildman–Crippen LogP) is 5.54. The molecule has 3 atom stereocenters. The summed E-state index contributed by atoms with van der Waals surface area (Å²) in [7, 11) is 0. The fraction of sp³-hybridized carbons (Fsp3) is 0.138. The highest BCUT2D eigenvalue weighted by atomic mass is 35.5. The molecule has 0 heterocycles. The summed E-state index contributed by atoms with van der Waals surface area (Å²) < 4.78 is 11.6. The Morgan fingerprint density at radius 1 is 0.771 bits per heavy atom. The molecule has 7 rings (SSSR count). The Labute approximate surface area is 207 Å². The van der Waals surface area contributed by atoms with Crippen LogP contribution in [0.5, 0.6) is 17.2 Å². The van der Waals surface area contributed by atoms with E-state index >= 15 is 0 Å². The lowest BCUT2D eigenvalue weighted by atomic mass is 9.54. The number of halogens is 1. The van der Waals surface area contributed by atoms with Crippen molar-refractivity contribution in [1.29, 1.82) is 0 Å². The fourth-order valence-corrected chi connectivity index (χ4v) is 5.53. The van der Waals surface area contributed by atoms with Crippen molar-refractivity contribution in [1.82, 2.24) is 0 Å². The molecule has 5 nitrogen and oxygen atoms in total. The van der Waals surface area contributed by atoms with Gasteiger partial charge in [-0.15, -0.1) is 0 Å². The third-order valence-corrected chi connectivity index (χ3v) is 7.26. The zero-order valence-electron chi connectivity index (χ0n) is 18.5. The van der Waals surface area contributed by atoms with Crippen LogP contribution in [0.1, 0.15) is 28.7 Å². The number of rotatable bonds is 4. The van der Waals surface area contributed by atoms with Gasteiger partial charge in [-0.05, 0) is 58.7 Å². The highest BCUT2D eigenvalue weighted by Crippen LogP contribution is 2.60. The number of fused-ring (bicyclic) bond motifs is 1. The quantitative estimate of drug-likeness (QED) is 0.294. The molecule has 2 N–H and O–H groups in total. The van der Waals surface area contributed by atoms with E-state index in [-0.39, 0.29) is 17.2 Å². The second-order valence-electron chi connectivity index (χ2n) is 8.90. The van der Waals surface area contributed by atoms with Gasteiger partial charge in [0.2, 0.25) is 0 Å². The van der Waals surface area contributed by atoms with Crippen molar-refractivity contribution >= 4 is 17.6 Å². The normalized spacial score (nSPS) is 23.8. The Balaban J connectivity index is 1.46. The van der Waals surface area contributed by atoms with Crippen molar-refractivity contribution < 1.29 is 24.5 Å². The van der Waals surface area contributed by atoms with E-state index in [0.29, 0.717) is 33.8 Å². The summed E-state index contributed by atoms with van der Waals surface area (Å²) in [5, 5.41) is 24.6. The molecule has 0 fully saturated rings. The molecule has 3 aliphatic rings. The van der Waals surface area contributed by atoms with Gasteiger partial charge in [-0.2, -0.15) is 0 Å². The lowest BCUT2D eigenvalue weighted by Crippen LogP contribution is -2.57. The highest BCUT2D eigenvalue weighted by molar-refractivity contribution is 6.32. The molecule has 0 saturated carbocycles.